The second-order valence-electron chi connectivity index (χ2n) is 11.4. The van der Waals surface area contributed by atoms with Gasteiger partial charge in [-0.1, -0.05) is 43.3 Å². The number of rotatable bonds is 12. The molecule has 0 radical (unpaired) electrons. The zero-order valence-electron chi connectivity index (χ0n) is 24.1. The highest BCUT2D eigenvalue weighted by Crippen LogP contribution is 2.65. The van der Waals surface area contributed by atoms with Crippen LogP contribution < -0.4 is 0 Å². The Labute approximate surface area is 240 Å². The first-order chi connectivity index (χ1) is 19.7. The molecule has 3 aliphatic rings. The smallest absolute Gasteiger partial charge is 0.250 e. The minimum absolute atomic E-state index is 0.0872. The Morgan fingerprint density at radius 3 is 2.59 bits per heavy atom. The van der Waals surface area contributed by atoms with Gasteiger partial charge in [0.15, 0.2) is 0 Å². The van der Waals surface area contributed by atoms with Crippen LogP contribution in [-0.2, 0) is 25.8 Å². The number of likely N-dealkylation sites (N-methyl/N-ethyl adjacent to an activating group) is 1. The van der Waals surface area contributed by atoms with Crippen LogP contribution in [0.2, 0.25) is 0 Å². The summed E-state index contributed by atoms with van der Waals surface area (Å²) in [5, 5.41) is 18.8. The van der Waals surface area contributed by atoms with Gasteiger partial charge in [-0.25, -0.2) is 4.68 Å². The Bertz CT molecular complexity index is 1360. The summed E-state index contributed by atoms with van der Waals surface area (Å²) in [7, 11) is 1.70. The Morgan fingerprint density at radius 1 is 1.20 bits per heavy atom. The van der Waals surface area contributed by atoms with Crippen molar-refractivity contribution in [1.29, 1.82) is 0 Å². The number of aromatic nitrogens is 3. The molecule has 41 heavy (non-hydrogen) atoms. The van der Waals surface area contributed by atoms with E-state index in [1.807, 2.05) is 38.1 Å². The molecule has 11 heteroatoms. The first-order valence-corrected chi connectivity index (χ1v) is 14.4. The predicted octanol–water partition coefficient (Wildman–Crippen LogP) is 1.97. The Balaban J connectivity index is 1.59. The molecular weight excluding hydrogens is 524 g/mol. The highest BCUT2D eigenvalue weighted by atomic mass is 16.5. The maximum absolute atomic E-state index is 14.7. The largest absolute Gasteiger partial charge is 0.394 e. The molecule has 5 rings (SSSR count). The minimum atomic E-state index is -1.19. The van der Waals surface area contributed by atoms with Gasteiger partial charge in [-0.15, -0.1) is 18.3 Å². The molecule has 11 nitrogen and oxygen atoms in total. The highest BCUT2D eigenvalue weighted by Gasteiger charge is 2.79. The molecule has 3 amide bonds. The number of hydrogen-bond donors (Lipinski definition) is 1. The number of carbonyl (C=O) groups excluding carboxylic acids is 3. The zero-order valence-corrected chi connectivity index (χ0v) is 24.1. The van der Waals surface area contributed by atoms with Gasteiger partial charge in [0, 0.05) is 20.1 Å². The lowest BCUT2D eigenvalue weighted by atomic mass is 9.64. The normalized spacial score (nSPS) is 29.0. The predicted molar refractivity (Wildman–Crippen MR) is 152 cm³/mol. The molecule has 220 valence electrons. The number of aliphatic hydroxyl groups is 1. The molecule has 1 aromatic heterocycles. The summed E-state index contributed by atoms with van der Waals surface area (Å²) < 4.78 is 8.51. The lowest BCUT2D eigenvalue weighted by Crippen LogP contribution is -2.59. The SMILES string of the molecule is C=CCN(C)C(=O)[C@H]1[C@H]2C(=O)N([C@@H](CC)CO)C(C(=O)N(CC=C)Cn3nnc4ccccc43)C23CC[C@]1(CC)O3. The van der Waals surface area contributed by atoms with Gasteiger partial charge in [-0.2, -0.15) is 0 Å². The van der Waals surface area contributed by atoms with Crippen molar-refractivity contribution in [2.75, 3.05) is 26.7 Å². The van der Waals surface area contributed by atoms with E-state index in [9.17, 15) is 19.5 Å². The van der Waals surface area contributed by atoms with Crippen LogP contribution in [0.15, 0.2) is 49.6 Å². The monoisotopic (exact) mass is 564 g/mol. The highest BCUT2D eigenvalue weighted by molar-refractivity contribution is 5.99. The maximum Gasteiger partial charge on any atom is 0.250 e. The summed E-state index contributed by atoms with van der Waals surface area (Å²) in [5.74, 6) is -2.39. The number of aliphatic hydroxyl groups excluding tert-OH is 1. The molecule has 1 N–H and O–H groups in total. The number of benzene rings is 1. The number of carbonyl (C=O) groups is 3. The fraction of sp³-hybridized carbons (Fsp3) is 0.567. The second-order valence-corrected chi connectivity index (χ2v) is 11.4. The van der Waals surface area contributed by atoms with Crippen LogP contribution in [-0.4, -0.2) is 103 Å². The maximum atomic E-state index is 14.7. The topological polar surface area (TPSA) is 121 Å². The van der Waals surface area contributed by atoms with Gasteiger partial charge >= 0.3 is 0 Å². The number of fused-ring (bicyclic) bond motifs is 2. The van der Waals surface area contributed by atoms with Gasteiger partial charge in [0.25, 0.3) is 0 Å². The molecule has 3 saturated heterocycles. The number of likely N-dealkylation sites (tertiary alicyclic amines) is 1. The van der Waals surface area contributed by atoms with Crippen molar-refractivity contribution >= 4 is 28.8 Å². The van der Waals surface area contributed by atoms with Crippen LogP contribution in [0.1, 0.15) is 39.5 Å². The minimum Gasteiger partial charge on any atom is -0.394 e. The van der Waals surface area contributed by atoms with Crippen LogP contribution in [0.25, 0.3) is 11.0 Å². The van der Waals surface area contributed by atoms with Crippen molar-refractivity contribution in [1.82, 2.24) is 29.7 Å². The fourth-order valence-electron chi connectivity index (χ4n) is 7.37. The van der Waals surface area contributed by atoms with E-state index < -0.39 is 35.1 Å². The number of para-hydroxylation sites is 1. The molecule has 1 spiro atoms. The second kappa shape index (κ2) is 11.0. The van der Waals surface area contributed by atoms with Crippen molar-refractivity contribution in [3.05, 3.63) is 49.6 Å². The van der Waals surface area contributed by atoms with E-state index in [1.54, 1.807) is 33.7 Å². The fourth-order valence-corrected chi connectivity index (χ4v) is 7.37. The molecule has 3 fully saturated rings. The molecular formula is C30H40N6O5. The third kappa shape index (κ3) is 4.28. The molecule has 4 heterocycles. The summed E-state index contributed by atoms with van der Waals surface area (Å²) in [6, 6.07) is 5.87. The Hall–Kier alpha value is -3.57. The third-order valence-corrected chi connectivity index (χ3v) is 9.36. The summed E-state index contributed by atoms with van der Waals surface area (Å²) in [6.07, 6.45) is 5.29. The molecule has 1 aromatic carbocycles. The van der Waals surface area contributed by atoms with E-state index in [2.05, 4.69) is 23.5 Å². The van der Waals surface area contributed by atoms with Crippen LogP contribution >= 0.6 is 0 Å². The quantitative estimate of drug-likeness (QED) is 0.391. The van der Waals surface area contributed by atoms with Crippen LogP contribution in [0, 0.1) is 11.8 Å². The van der Waals surface area contributed by atoms with E-state index in [0.717, 1.165) is 5.52 Å². The van der Waals surface area contributed by atoms with Crippen molar-refractivity contribution in [3.63, 3.8) is 0 Å². The van der Waals surface area contributed by atoms with Crippen molar-refractivity contribution in [3.8, 4) is 0 Å². The van der Waals surface area contributed by atoms with Gasteiger partial charge in [0.2, 0.25) is 17.7 Å². The summed E-state index contributed by atoms with van der Waals surface area (Å²) >= 11 is 0. The molecule has 2 bridgehead atoms. The van der Waals surface area contributed by atoms with Gasteiger partial charge < -0.3 is 24.5 Å². The van der Waals surface area contributed by atoms with E-state index in [-0.39, 0.29) is 37.5 Å². The van der Waals surface area contributed by atoms with Gasteiger partial charge in [0.05, 0.1) is 35.6 Å². The first kappa shape index (κ1) is 28.9. The third-order valence-electron chi connectivity index (χ3n) is 9.36. The molecule has 2 unspecified atom stereocenters. The van der Waals surface area contributed by atoms with Crippen molar-refractivity contribution in [2.24, 2.45) is 11.8 Å². The van der Waals surface area contributed by atoms with Gasteiger partial charge in [-0.05, 0) is 37.8 Å². The number of hydrogen-bond acceptors (Lipinski definition) is 7. The van der Waals surface area contributed by atoms with E-state index >= 15 is 0 Å². The van der Waals surface area contributed by atoms with E-state index in [1.165, 1.54) is 4.90 Å². The standard InChI is InChI=1S/C30H40N6O5/c1-6-16-33(5)26(38)23-24-27(39)36(20(8-3)18-37)25(30(24)15-14-29(23,9-4)41-30)28(40)34(17-7-2)19-35-22-13-11-10-12-21(22)31-32-35/h6-7,10-13,20,23-25,37H,1-2,8-9,14-19H2,3-5H3/t20-,23+,24-,25?,29-,30?/m0/s1. The summed E-state index contributed by atoms with van der Waals surface area (Å²) in [6.45, 7) is 11.8. The lowest BCUT2D eigenvalue weighted by Gasteiger charge is -2.39. The van der Waals surface area contributed by atoms with Crippen molar-refractivity contribution in [2.45, 2.75) is 69.5 Å². The number of ether oxygens (including phenoxy) is 1. The van der Waals surface area contributed by atoms with Crippen molar-refractivity contribution < 1.29 is 24.2 Å². The zero-order chi connectivity index (χ0) is 29.5. The number of nitrogens with zero attached hydrogens (tertiary/aromatic N) is 6. The Kier molecular flexibility index (Phi) is 7.78. The van der Waals surface area contributed by atoms with E-state index in [0.29, 0.717) is 37.7 Å². The van der Waals surface area contributed by atoms with Gasteiger partial charge in [-0.3, -0.25) is 14.4 Å². The molecule has 0 saturated carbocycles. The lowest BCUT2D eigenvalue weighted by molar-refractivity contribution is -0.158. The average molecular weight is 565 g/mol. The van der Waals surface area contributed by atoms with E-state index in [4.69, 9.17) is 4.74 Å². The van der Waals surface area contributed by atoms with Crippen LogP contribution in [0.5, 0.6) is 0 Å². The molecule has 0 aliphatic carbocycles. The van der Waals surface area contributed by atoms with Crippen LogP contribution in [0.4, 0.5) is 0 Å². The average Bonchev–Trinajstić information content (AvgIpc) is 3.70. The number of amides is 3. The molecule has 6 atom stereocenters. The van der Waals surface area contributed by atoms with Crippen LogP contribution in [0.3, 0.4) is 0 Å². The first-order valence-electron chi connectivity index (χ1n) is 14.4. The summed E-state index contributed by atoms with van der Waals surface area (Å²) in [4.78, 5) is 47.6. The summed E-state index contributed by atoms with van der Waals surface area (Å²) in [5.41, 5.74) is -0.560. The molecule has 2 aromatic rings. The van der Waals surface area contributed by atoms with Gasteiger partial charge in [0.1, 0.15) is 23.8 Å². The Morgan fingerprint density at radius 2 is 1.93 bits per heavy atom. The molecule has 3 aliphatic heterocycles.